The van der Waals surface area contributed by atoms with Gasteiger partial charge in [-0.1, -0.05) is 37.6 Å². The van der Waals surface area contributed by atoms with Crippen molar-refractivity contribution in [1.82, 2.24) is 4.98 Å². The molecule has 0 fully saturated rings. The van der Waals surface area contributed by atoms with Crippen LogP contribution in [0.25, 0.3) is 10.8 Å². The molecule has 78 valence electrons. The monoisotopic (exact) mass is 199 g/mol. The summed E-state index contributed by atoms with van der Waals surface area (Å²) in [5.74, 6) is 0. The summed E-state index contributed by atoms with van der Waals surface area (Å²) >= 11 is 0. The van der Waals surface area contributed by atoms with Crippen molar-refractivity contribution in [2.45, 2.75) is 33.1 Å². The van der Waals surface area contributed by atoms with E-state index in [-0.39, 0.29) is 0 Å². The number of fused-ring (bicyclic) bond motifs is 1. The van der Waals surface area contributed by atoms with Crippen LogP contribution in [0.4, 0.5) is 0 Å². The molecule has 0 aliphatic heterocycles. The molecule has 0 aliphatic carbocycles. The maximum absolute atomic E-state index is 4.54. The molecule has 0 aliphatic rings. The molecule has 1 heterocycles. The van der Waals surface area contributed by atoms with E-state index in [1.54, 1.807) is 0 Å². The molecule has 2 aromatic rings. The number of benzene rings is 1. The third-order valence-electron chi connectivity index (χ3n) is 2.92. The van der Waals surface area contributed by atoms with Crippen LogP contribution in [0.1, 0.15) is 31.0 Å². The van der Waals surface area contributed by atoms with Gasteiger partial charge in [-0.25, -0.2) is 0 Å². The van der Waals surface area contributed by atoms with Gasteiger partial charge in [0.25, 0.3) is 0 Å². The smallest absolute Gasteiger partial charge is 0.0439 e. The van der Waals surface area contributed by atoms with E-state index in [1.807, 2.05) is 6.20 Å². The molecule has 1 aromatic carbocycles. The third-order valence-corrected chi connectivity index (χ3v) is 2.92. The molecular formula is C14H17N. The Kier molecular flexibility index (Phi) is 3.00. The molecule has 1 heteroatoms. The van der Waals surface area contributed by atoms with Crippen molar-refractivity contribution in [2.75, 3.05) is 0 Å². The van der Waals surface area contributed by atoms with Crippen LogP contribution in [-0.4, -0.2) is 4.98 Å². The third kappa shape index (κ3) is 2.01. The molecule has 0 saturated carbocycles. The van der Waals surface area contributed by atoms with Crippen LogP contribution < -0.4 is 0 Å². The van der Waals surface area contributed by atoms with Gasteiger partial charge < -0.3 is 0 Å². The van der Waals surface area contributed by atoms with Crippen LogP contribution >= 0.6 is 0 Å². The number of hydrogen-bond donors (Lipinski definition) is 0. The topological polar surface area (TPSA) is 12.9 Å². The number of aryl methyl sites for hydroxylation is 2. The Hall–Kier alpha value is -1.37. The minimum absolute atomic E-state index is 1.10. The van der Waals surface area contributed by atoms with Gasteiger partial charge in [0.1, 0.15) is 0 Å². The molecule has 0 amide bonds. The minimum atomic E-state index is 1.10. The van der Waals surface area contributed by atoms with Crippen LogP contribution in [0.15, 0.2) is 30.5 Å². The van der Waals surface area contributed by atoms with Crippen LogP contribution in [-0.2, 0) is 6.42 Å². The Morgan fingerprint density at radius 1 is 1.20 bits per heavy atom. The summed E-state index contributed by atoms with van der Waals surface area (Å²) in [4.78, 5) is 4.54. The van der Waals surface area contributed by atoms with E-state index in [0.717, 1.165) is 6.42 Å². The number of unbranched alkanes of at least 4 members (excludes halogenated alkanes) is 1. The fourth-order valence-corrected chi connectivity index (χ4v) is 1.95. The SMILES string of the molecule is CCCCc1ncc2ccccc2c1C. The molecule has 0 spiro atoms. The normalized spacial score (nSPS) is 10.8. The zero-order chi connectivity index (χ0) is 10.7. The summed E-state index contributed by atoms with van der Waals surface area (Å²) in [5, 5.41) is 2.59. The van der Waals surface area contributed by atoms with Gasteiger partial charge in [0.15, 0.2) is 0 Å². The van der Waals surface area contributed by atoms with Gasteiger partial charge in [0.2, 0.25) is 0 Å². The fraction of sp³-hybridized carbons (Fsp3) is 0.357. The van der Waals surface area contributed by atoms with E-state index in [9.17, 15) is 0 Å². The molecule has 2 rings (SSSR count). The number of pyridine rings is 1. The lowest BCUT2D eigenvalue weighted by Crippen LogP contribution is -1.95. The maximum atomic E-state index is 4.54. The molecule has 1 aromatic heterocycles. The highest BCUT2D eigenvalue weighted by atomic mass is 14.7. The predicted octanol–water partition coefficient (Wildman–Crippen LogP) is 3.89. The highest BCUT2D eigenvalue weighted by Gasteiger charge is 2.03. The van der Waals surface area contributed by atoms with Gasteiger partial charge in [-0.05, 0) is 30.7 Å². The van der Waals surface area contributed by atoms with Crippen molar-refractivity contribution in [1.29, 1.82) is 0 Å². The zero-order valence-corrected chi connectivity index (χ0v) is 9.46. The van der Waals surface area contributed by atoms with Crippen molar-refractivity contribution < 1.29 is 0 Å². The average Bonchev–Trinajstić information content (AvgIpc) is 2.29. The molecule has 0 radical (unpaired) electrons. The summed E-state index contributed by atoms with van der Waals surface area (Å²) in [6.07, 6.45) is 5.56. The van der Waals surface area contributed by atoms with Crippen LogP contribution in [0.5, 0.6) is 0 Å². The van der Waals surface area contributed by atoms with Crippen molar-refractivity contribution in [3.05, 3.63) is 41.7 Å². The van der Waals surface area contributed by atoms with E-state index >= 15 is 0 Å². The van der Waals surface area contributed by atoms with E-state index < -0.39 is 0 Å². The van der Waals surface area contributed by atoms with Crippen LogP contribution in [0.2, 0.25) is 0 Å². The molecule has 0 atom stereocenters. The second kappa shape index (κ2) is 4.43. The van der Waals surface area contributed by atoms with Crippen LogP contribution in [0.3, 0.4) is 0 Å². The van der Waals surface area contributed by atoms with Crippen molar-refractivity contribution >= 4 is 10.8 Å². The van der Waals surface area contributed by atoms with Gasteiger partial charge in [-0.2, -0.15) is 0 Å². The van der Waals surface area contributed by atoms with Crippen molar-refractivity contribution in [3.63, 3.8) is 0 Å². The van der Waals surface area contributed by atoms with E-state index in [1.165, 1.54) is 34.9 Å². The summed E-state index contributed by atoms with van der Waals surface area (Å²) in [7, 11) is 0. The highest BCUT2D eigenvalue weighted by Crippen LogP contribution is 2.20. The second-order valence-electron chi connectivity index (χ2n) is 4.02. The summed E-state index contributed by atoms with van der Waals surface area (Å²) < 4.78 is 0. The van der Waals surface area contributed by atoms with Gasteiger partial charge in [0, 0.05) is 17.3 Å². The lowest BCUT2D eigenvalue weighted by molar-refractivity contribution is 0.773. The second-order valence-corrected chi connectivity index (χ2v) is 4.02. The number of rotatable bonds is 3. The largest absolute Gasteiger partial charge is 0.260 e. The molecule has 1 nitrogen and oxygen atoms in total. The Balaban J connectivity index is 2.45. The van der Waals surface area contributed by atoms with Crippen molar-refractivity contribution in [3.8, 4) is 0 Å². The standard InChI is InChI=1S/C14H17N/c1-3-4-9-14-11(2)13-8-6-5-7-12(13)10-15-14/h5-8,10H,3-4,9H2,1-2H3. The van der Waals surface area contributed by atoms with Crippen LogP contribution in [0, 0.1) is 6.92 Å². The number of nitrogens with zero attached hydrogens (tertiary/aromatic N) is 1. The van der Waals surface area contributed by atoms with Crippen molar-refractivity contribution in [2.24, 2.45) is 0 Å². The fourth-order valence-electron chi connectivity index (χ4n) is 1.95. The molecule has 0 saturated heterocycles. The summed E-state index contributed by atoms with van der Waals surface area (Å²) in [5.41, 5.74) is 2.61. The van der Waals surface area contributed by atoms with Gasteiger partial charge in [0.05, 0.1) is 0 Å². The number of aromatic nitrogens is 1. The number of hydrogen-bond acceptors (Lipinski definition) is 1. The lowest BCUT2D eigenvalue weighted by Gasteiger charge is -2.07. The van der Waals surface area contributed by atoms with E-state index in [2.05, 4.69) is 43.1 Å². The lowest BCUT2D eigenvalue weighted by atomic mass is 10.0. The van der Waals surface area contributed by atoms with E-state index in [4.69, 9.17) is 0 Å². The first-order valence-corrected chi connectivity index (χ1v) is 5.66. The summed E-state index contributed by atoms with van der Waals surface area (Å²) in [6.45, 7) is 4.40. The quantitative estimate of drug-likeness (QED) is 0.731. The first kappa shape index (κ1) is 10.2. The molecule has 0 N–H and O–H groups in total. The minimum Gasteiger partial charge on any atom is -0.260 e. The average molecular weight is 199 g/mol. The Morgan fingerprint density at radius 2 is 2.00 bits per heavy atom. The first-order valence-electron chi connectivity index (χ1n) is 5.66. The Bertz CT molecular complexity index is 460. The Labute approximate surface area is 91.2 Å². The molecular weight excluding hydrogens is 182 g/mol. The zero-order valence-electron chi connectivity index (χ0n) is 9.46. The van der Waals surface area contributed by atoms with Gasteiger partial charge in [-0.3, -0.25) is 4.98 Å². The molecule has 15 heavy (non-hydrogen) atoms. The molecule has 0 unspecified atom stereocenters. The first-order chi connectivity index (χ1) is 7.33. The van der Waals surface area contributed by atoms with Gasteiger partial charge >= 0.3 is 0 Å². The van der Waals surface area contributed by atoms with Gasteiger partial charge in [-0.15, -0.1) is 0 Å². The summed E-state index contributed by atoms with van der Waals surface area (Å²) in [6, 6.07) is 8.47. The predicted molar refractivity (Wildman–Crippen MR) is 65.1 cm³/mol. The Morgan fingerprint density at radius 3 is 2.80 bits per heavy atom. The van der Waals surface area contributed by atoms with E-state index in [0.29, 0.717) is 0 Å². The maximum Gasteiger partial charge on any atom is 0.0439 e. The highest BCUT2D eigenvalue weighted by molar-refractivity contribution is 5.85. The molecule has 0 bridgehead atoms.